The van der Waals surface area contributed by atoms with Gasteiger partial charge in [0.1, 0.15) is 17.7 Å². The molecule has 1 atom stereocenters. The van der Waals surface area contributed by atoms with Crippen LogP contribution in [0, 0.1) is 12.7 Å². The number of aromatic nitrogens is 2. The number of aromatic hydroxyl groups is 1. The van der Waals surface area contributed by atoms with Crippen molar-refractivity contribution >= 4 is 11.6 Å². The highest BCUT2D eigenvalue weighted by molar-refractivity contribution is 6.01. The second-order valence-corrected chi connectivity index (χ2v) is 7.15. The summed E-state index contributed by atoms with van der Waals surface area (Å²) in [7, 11) is 1.60. The van der Waals surface area contributed by atoms with Gasteiger partial charge in [-0.3, -0.25) is 4.79 Å². The summed E-state index contributed by atoms with van der Waals surface area (Å²) in [5, 5.41) is 21.1. The topological polar surface area (TPSA) is 98.0 Å². The molecule has 1 aliphatic heterocycles. The Kier molecular flexibility index (Phi) is 5.57. The molecule has 0 bridgehead atoms. The van der Waals surface area contributed by atoms with E-state index in [1.54, 1.807) is 14.0 Å². The Labute approximate surface area is 177 Å². The van der Waals surface area contributed by atoms with E-state index in [2.05, 4.69) is 15.6 Å². The number of aryl methyl sites for hydroxylation is 1. The highest BCUT2D eigenvalue weighted by Gasteiger charge is 2.24. The Bertz CT molecular complexity index is 1140. The number of nitrogens with zero attached hydrogens (tertiary/aromatic N) is 3. The molecule has 8 nitrogen and oxygen atoms in total. The van der Waals surface area contributed by atoms with Crippen LogP contribution in [0.4, 0.5) is 4.39 Å². The molecule has 0 fully saturated rings. The maximum atomic E-state index is 13.3. The highest BCUT2D eigenvalue weighted by Crippen LogP contribution is 2.22. The smallest absolute Gasteiger partial charge is 0.275 e. The van der Waals surface area contributed by atoms with Crippen molar-refractivity contribution in [3.8, 4) is 17.2 Å². The van der Waals surface area contributed by atoms with Gasteiger partial charge in [-0.15, -0.1) is 0 Å². The molecule has 2 heterocycles. The molecule has 31 heavy (non-hydrogen) atoms. The summed E-state index contributed by atoms with van der Waals surface area (Å²) in [5.74, 6) is -0.438. The average molecular weight is 424 g/mol. The van der Waals surface area contributed by atoms with E-state index >= 15 is 0 Å². The van der Waals surface area contributed by atoms with Crippen LogP contribution in [-0.2, 0) is 4.84 Å². The lowest BCUT2D eigenvalue weighted by molar-refractivity contribution is 0.0749. The van der Waals surface area contributed by atoms with Crippen molar-refractivity contribution in [3.05, 3.63) is 71.3 Å². The Morgan fingerprint density at radius 3 is 2.81 bits per heavy atom. The van der Waals surface area contributed by atoms with Crippen LogP contribution in [0.1, 0.15) is 28.0 Å². The summed E-state index contributed by atoms with van der Waals surface area (Å²) in [6.45, 7) is 1.92. The molecule has 2 N–H and O–H groups in total. The third-order valence-corrected chi connectivity index (χ3v) is 4.96. The van der Waals surface area contributed by atoms with Crippen LogP contribution < -0.4 is 10.1 Å². The number of hydrogen-bond acceptors (Lipinski definition) is 6. The predicted molar refractivity (Wildman–Crippen MR) is 111 cm³/mol. The minimum atomic E-state index is -0.544. The van der Waals surface area contributed by atoms with Crippen molar-refractivity contribution in [1.29, 1.82) is 0 Å². The van der Waals surface area contributed by atoms with E-state index in [-0.39, 0.29) is 29.9 Å². The summed E-state index contributed by atoms with van der Waals surface area (Å²) in [6, 6.07) is 11.6. The van der Waals surface area contributed by atoms with Gasteiger partial charge in [-0.25, -0.2) is 9.07 Å². The highest BCUT2D eigenvalue weighted by atomic mass is 19.1. The van der Waals surface area contributed by atoms with E-state index in [0.29, 0.717) is 17.7 Å². The van der Waals surface area contributed by atoms with Crippen molar-refractivity contribution in [3.63, 3.8) is 0 Å². The molecule has 0 spiro atoms. The third kappa shape index (κ3) is 4.35. The van der Waals surface area contributed by atoms with Crippen LogP contribution in [0.3, 0.4) is 0 Å². The van der Waals surface area contributed by atoms with E-state index in [0.717, 1.165) is 17.0 Å². The normalized spacial score (nSPS) is 15.3. The number of ether oxygens (including phenoxy) is 1. The number of benzene rings is 2. The quantitative estimate of drug-likeness (QED) is 0.634. The van der Waals surface area contributed by atoms with E-state index < -0.39 is 5.91 Å². The monoisotopic (exact) mass is 424 g/mol. The molecule has 0 saturated heterocycles. The van der Waals surface area contributed by atoms with Crippen LogP contribution in [0.5, 0.6) is 11.5 Å². The number of rotatable bonds is 6. The molecule has 1 aliphatic rings. The Morgan fingerprint density at radius 2 is 2.10 bits per heavy atom. The first-order chi connectivity index (χ1) is 14.9. The van der Waals surface area contributed by atoms with Crippen molar-refractivity contribution in [1.82, 2.24) is 15.1 Å². The van der Waals surface area contributed by atoms with E-state index in [9.17, 15) is 14.3 Å². The van der Waals surface area contributed by atoms with E-state index in [1.165, 1.54) is 29.1 Å². The summed E-state index contributed by atoms with van der Waals surface area (Å²) < 4.78 is 19.8. The molecule has 4 rings (SSSR count). The maximum absolute atomic E-state index is 13.3. The molecular weight excluding hydrogens is 403 g/mol. The fourth-order valence-corrected chi connectivity index (χ4v) is 3.31. The zero-order valence-electron chi connectivity index (χ0n) is 17.0. The van der Waals surface area contributed by atoms with Crippen LogP contribution >= 0.6 is 0 Å². The molecule has 0 aliphatic carbocycles. The summed E-state index contributed by atoms with van der Waals surface area (Å²) in [4.78, 5) is 17.9. The van der Waals surface area contributed by atoms with Gasteiger partial charge < -0.3 is 20.0 Å². The van der Waals surface area contributed by atoms with Crippen molar-refractivity contribution < 1.29 is 23.9 Å². The summed E-state index contributed by atoms with van der Waals surface area (Å²) in [6.07, 6.45) is 1.51. The number of amides is 1. The number of methoxy groups -OCH3 is 1. The molecule has 1 unspecified atom stereocenters. The molecule has 0 saturated carbocycles. The maximum Gasteiger partial charge on any atom is 0.275 e. The predicted octanol–water partition coefficient (Wildman–Crippen LogP) is 2.96. The molecule has 1 amide bonds. The van der Waals surface area contributed by atoms with Gasteiger partial charge in [0.05, 0.1) is 31.3 Å². The third-order valence-electron chi connectivity index (χ3n) is 4.96. The number of halogens is 1. The van der Waals surface area contributed by atoms with Gasteiger partial charge in [0.2, 0.25) is 0 Å². The molecule has 3 aromatic rings. The van der Waals surface area contributed by atoms with Gasteiger partial charge in [0, 0.05) is 6.42 Å². The second kappa shape index (κ2) is 8.47. The van der Waals surface area contributed by atoms with Gasteiger partial charge in [0.15, 0.2) is 11.4 Å². The first kappa shape index (κ1) is 20.4. The Morgan fingerprint density at radius 1 is 1.32 bits per heavy atom. The first-order valence-corrected chi connectivity index (χ1v) is 9.65. The van der Waals surface area contributed by atoms with Gasteiger partial charge in [-0.2, -0.15) is 5.10 Å². The SMILES string of the molecule is COc1ccc(C2=NOC(CNC(=O)c3nn(-c4ccc(F)cc4C)cc3O)C2)cc1. The van der Waals surface area contributed by atoms with E-state index in [4.69, 9.17) is 9.57 Å². The van der Waals surface area contributed by atoms with Crippen molar-refractivity contribution in [2.45, 2.75) is 19.4 Å². The number of carbonyl (C=O) groups is 1. The van der Waals surface area contributed by atoms with Gasteiger partial charge >= 0.3 is 0 Å². The molecule has 2 aromatic carbocycles. The van der Waals surface area contributed by atoms with Crippen LogP contribution in [0.25, 0.3) is 5.69 Å². The van der Waals surface area contributed by atoms with E-state index in [1.807, 2.05) is 24.3 Å². The summed E-state index contributed by atoms with van der Waals surface area (Å²) >= 11 is 0. The zero-order valence-corrected chi connectivity index (χ0v) is 17.0. The van der Waals surface area contributed by atoms with Crippen molar-refractivity contribution in [2.24, 2.45) is 5.16 Å². The number of nitrogens with one attached hydrogen (secondary N) is 1. The lowest BCUT2D eigenvalue weighted by atomic mass is 10.0. The van der Waals surface area contributed by atoms with Gasteiger partial charge in [-0.05, 0) is 60.5 Å². The second-order valence-electron chi connectivity index (χ2n) is 7.15. The standard InChI is InChI=1S/C22H21FN4O4/c1-13-9-15(23)5-8-19(13)27-12-20(28)21(25-27)22(29)24-11-17-10-18(26-31-17)14-3-6-16(30-2)7-4-14/h3-9,12,17,28H,10-11H2,1-2H3,(H,24,29). The molecule has 9 heteroatoms. The minimum absolute atomic E-state index is 0.127. The lowest BCUT2D eigenvalue weighted by Gasteiger charge is -2.09. The molecule has 0 radical (unpaired) electrons. The van der Waals surface area contributed by atoms with Gasteiger partial charge in [0.25, 0.3) is 5.91 Å². The van der Waals surface area contributed by atoms with Crippen LogP contribution in [-0.4, -0.2) is 46.3 Å². The molecular formula is C22H21FN4O4. The molecule has 1 aromatic heterocycles. The Balaban J connectivity index is 1.37. The fourth-order valence-electron chi connectivity index (χ4n) is 3.31. The number of oxime groups is 1. The lowest BCUT2D eigenvalue weighted by Crippen LogP contribution is -2.32. The van der Waals surface area contributed by atoms with Crippen LogP contribution in [0.15, 0.2) is 53.8 Å². The fraction of sp³-hybridized carbons (Fsp3) is 0.227. The number of carbonyl (C=O) groups excluding carboxylic acids is 1. The first-order valence-electron chi connectivity index (χ1n) is 9.65. The Hall–Kier alpha value is -3.88. The summed E-state index contributed by atoms with van der Waals surface area (Å²) in [5.41, 5.74) is 2.75. The van der Waals surface area contributed by atoms with Crippen LogP contribution in [0.2, 0.25) is 0 Å². The average Bonchev–Trinajstić information content (AvgIpc) is 3.39. The molecule has 160 valence electrons. The number of hydrogen-bond donors (Lipinski definition) is 2. The van der Waals surface area contributed by atoms with Gasteiger partial charge in [-0.1, -0.05) is 5.16 Å². The minimum Gasteiger partial charge on any atom is -0.504 e. The zero-order chi connectivity index (χ0) is 22.0. The largest absolute Gasteiger partial charge is 0.504 e. The van der Waals surface area contributed by atoms with Crippen molar-refractivity contribution in [2.75, 3.05) is 13.7 Å².